The fraction of sp³-hybridized carbons (Fsp3) is 0.185. The minimum absolute atomic E-state index is 0.243. The quantitative estimate of drug-likeness (QED) is 0.201. The van der Waals surface area contributed by atoms with Gasteiger partial charge in [0.05, 0.1) is 32.7 Å². The van der Waals surface area contributed by atoms with Crippen molar-refractivity contribution in [2.75, 3.05) is 38.1 Å². The third-order valence-corrected chi connectivity index (χ3v) is 4.94. The molecule has 198 valence electrons. The van der Waals surface area contributed by atoms with E-state index in [9.17, 15) is 14.4 Å². The fourth-order valence-electron chi connectivity index (χ4n) is 3.15. The van der Waals surface area contributed by atoms with Crippen molar-refractivity contribution in [2.45, 2.75) is 6.92 Å². The number of nitrogens with one attached hydrogen (secondary N) is 3. The average Bonchev–Trinajstić information content (AvgIpc) is 2.93. The third kappa shape index (κ3) is 7.98. The Morgan fingerprint density at radius 3 is 2.29 bits per heavy atom. The highest BCUT2D eigenvalue weighted by Gasteiger charge is 2.15. The van der Waals surface area contributed by atoms with Crippen LogP contribution < -0.4 is 35.0 Å². The van der Waals surface area contributed by atoms with Crippen LogP contribution in [0.1, 0.15) is 12.5 Å². The number of anilines is 2. The summed E-state index contributed by atoms with van der Waals surface area (Å²) in [4.78, 5) is 36.6. The molecule has 0 heterocycles. The van der Waals surface area contributed by atoms with Gasteiger partial charge in [-0.2, -0.15) is 5.10 Å². The van der Waals surface area contributed by atoms with Crippen LogP contribution in [-0.4, -0.2) is 51.4 Å². The number of rotatable bonds is 11. The first-order valence-corrected chi connectivity index (χ1v) is 11.5. The standard InChI is InChI=1S/C27H28N4O7/c1-4-37-22-8-6-5-7-21(22)30-26(33)27(34)31-28-16-18-9-14-23(24(15-18)36-3)38-17-25(32)29-19-10-12-20(35-2)13-11-19/h5-16H,4,17H2,1-3H3,(H,29,32)(H,30,33)(H,31,34)/b28-16-. The molecule has 3 N–H and O–H groups in total. The van der Waals surface area contributed by atoms with Crippen LogP contribution in [0.3, 0.4) is 0 Å². The molecular weight excluding hydrogens is 492 g/mol. The van der Waals surface area contributed by atoms with E-state index in [1.54, 1.807) is 73.8 Å². The van der Waals surface area contributed by atoms with Crippen molar-refractivity contribution < 1.29 is 33.3 Å². The first-order chi connectivity index (χ1) is 18.4. The molecule has 11 heteroatoms. The second-order valence-electron chi connectivity index (χ2n) is 7.56. The molecule has 3 rings (SSSR count). The predicted molar refractivity (Wildman–Crippen MR) is 142 cm³/mol. The van der Waals surface area contributed by atoms with Crippen molar-refractivity contribution in [3.63, 3.8) is 0 Å². The summed E-state index contributed by atoms with van der Waals surface area (Å²) >= 11 is 0. The van der Waals surface area contributed by atoms with Crippen molar-refractivity contribution in [3.05, 3.63) is 72.3 Å². The average molecular weight is 521 g/mol. The first-order valence-electron chi connectivity index (χ1n) is 11.5. The molecule has 3 amide bonds. The molecule has 0 bridgehead atoms. The van der Waals surface area contributed by atoms with Crippen molar-refractivity contribution in [2.24, 2.45) is 5.10 Å². The molecule has 0 saturated heterocycles. The van der Waals surface area contributed by atoms with E-state index in [-0.39, 0.29) is 12.5 Å². The number of amides is 3. The van der Waals surface area contributed by atoms with Gasteiger partial charge in [0.1, 0.15) is 11.5 Å². The van der Waals surface area contributed by atoms with Crippen LogP contribution in [0.5, 0.6) is 23.0 Å². The molecule has 0 saturated carbocycles. The molecule has 11 nitrogen and oxygen atoms in total. The number of methoxy groups -OCH3 is 2. The molecule has 0 aliphatic heterocycles. The number of hydrogen-bond acceptors (Lipinski definition) is 8. The molecule has 0 atom stereocenters. The summed E-state index contributed by atoms with van der Waals surface area (Å²) in [5.74, 6) is -0.390. The van der Waals surface area contributed by atoms with Gasteiger partial charge in [-0.1, -0.05) is 12.1 Å². The van der Waals surface area contributed by atoms with Crippen molar-refractivity contribution in [3.8, 4) is 23.0 Å². The normalized spacial score (nSPS) is 10.4. The molecular formula is C27H28N4O7. The summed E-state index contributed by atoms with van der Waals surface area (Å²) in [6.45, 7) is 1.98. The highest BCUT2D eigenvalue weighted by atomic mass is 16.5. The molecule has 0 aliphatic carbocycles. The van der Waals surface area contributed by atoms with Gasteiger partial charge in [-0.25, -0.2) is 5.43 Å². The third-order valence-electron chi connectivity index (χ3n) is 4.94. The summed E-state index contributed by atoms with van der Waals surface area (Å²) in [5.41, 5.74) is 3.70. The molecule has 3 aromatic rings. The highest BCUT2D eigenvalue weighted by Crippen LogP contribution is 2.28. The Kier molecular flexibility index (Phi) is 10.1. The maximum atomic E-state index is 12.2. The zero-order valence-corrected chi connectivity index (χ0v) is 21.1. The van der Waals surface area contributed by atoms with Crippen LogP contribution >= 0.6 is 0 Å². The van der Waals surface area contributed by atoms with Gasteiger partial charge in [0, 0.05) is 5.69 Å². The lowest BCUT2D eigenvalue weighted by molar-refractivity contribution is -0.136. The number of ether oxygens (including phenoxy) is 4. The first kappa shape index (κ1) is 27.5. The summed E-state index contributed by atoms with van der Waals surface area (Å²) in [5, 5.41) is 9.03. The van der Waals surface area contributed by atoms with Crippen molar-refractivity contribution in [1.29, 1.82) is 0 Å². The minimum Gasteiger partial charge on any atom is -0.497 e. The minimum atomic E-state index is -0.956. The van der Waals surface area contributed by atoms with Crippen LogP contribution in [0.4, 0.5) is 11.4 Å². The summed E-state index contributed by atoms with van der Waals surface area (Å²) < 4.78 is 21.4. The number of carbonyl (C=O) groups is 3. The molecule has 38 heavy (non-hydrogen) atoms. The monoisotopic (exact) mass is 520 g/mol. The molecule has 0 fully saturated rings. The van der Waals surface area contributed by atoms with Gasteiger partial charge in [0.15, 0.2) is 18.1 Å². The summed E-state index contributed by atoms with van der Waals surface area (Å²) in [6.07, 6.45) is 1.34. The van der Waals surface area contributed by atoms with E-state index >= 15 is 0 Å². The van der Waals surface area contributed by atoms with Crippen LogP contribution in [0.2, 0.25) is 0 Å². The van der Waals surface area contributed by atoms with Gasteiger partial charge in [-0.05, 0) is 67.1 Å². The number of benzene rings is 3. The maximum Gasteiger partial charge on any atom is 0.329 e. The van der Waals surface area contributed by atoms with E-state index in [0.717, 1.165) is 0 Å². The van der Waals surface area contributed by atoms with E-state index in [0.29, 0.717) is 46.5 Å². The number of hydrazone groups is 1. The second-order valence-corrected chi connectivity index (χ2v) is 7.56. The second kappa shape index (κ2) is 13.9. The van der Waals surface area contributed by atoms with E-state index in [1.807, 2.05) is 6.92 Å². The van der Waals surface area contributed by atoms with Crippen LogP contribution in [0.15, 0.2) is 71.8 Å². The van der Waals surface area contributed by atoms with Crippen LogP contribution in [0.25, 0.3) is 0 Å². The number of nitrogens with zero attached hydrogens (tertiary/aromatic N) is 1. The Balaban J connectivity index is 1.52. The van der Waals surface area contributed by atoms with E-state index in [1.165, 1.54) is 13.3 Å². The number of hydrogen-bond donors (Lipinski definition) is 3. The van der Waals surface area contributed by atoms with Gasteiger partial charge >= 0.3 is 11.8 Å². The van der Waals surface area contributed by atoms with Crippen molar-refractivity contribution in [1.82, 2.24) is 5.43 Å². The zero-order chi connectivity index (χ0) is 27.3. The lowest BCUT2D eigenvalue weighted by Gasteiger charge is -2.12. The Hall–Kier alpha value is -5.06. The molecule has 0 unspecified atom stereocenters. The number of carbonyl (C=O) groups excluding carboxylic acids is 3. The molecule has 0 radical (unpaired) electrons. The molecule has 0 aromatic heterocycles. The van der Waals surface area contributed by atoms with E-state index < -0.39 is 11.8 Å². The largest absolute Gasteiger partial charge is 0.497 e. The lowest BCUT2D eigenvalue weighted by atomic mass is 10.2. The smallest absolute Gasteiger partial charge is 0.329 e. The lowest BCUT2D eigenvalue weighted by Crippen LogP contribution is -2.32. The summed E-state index contributed by atoms with van der Waals surface area (Å²) in [6, 6.07) is 18.5. The van der Waals surface area contributed by atoms with Gasteiger partial charge in [-0.15, -0.1) is 0 Å². The Bertz CT molecular complexity index is 1290. The Morgan fingerprint density at radius 2 is 1.58 bits per heavy atom. The fourth-order valence-corrected chi connectivity index (χ4v) is 3.15. The zero-order valence-electron chi connectivity index (χ0n) is 21.1. The Morgan fingerprint density at radius 1 is 0.816 bits per heavy atom. The van der Waals surface area contributed by atoms with Gasteiger partial charge in [0.25, 0.3) is 5.91 Å². The predicted octanol–water partition coefficient (Wildman–Crippen LogP) is 3.21. The summed E-state index contributed by atoms with van der Waals surface area (Å²) in [7, 11) is 3.01. The van der Waals surface area contributed by atoms with Gasteiger partial charge < -0.3 is 29.6 Å². The maximum absolute atomic E-state index is 12.2. The van der Waals surface area contributed by atoms with E-state index in [4.69, 9.17) is 18.9 Å². The molecule has 3 aromatic carbocycles. The van der Waals surface area contributed by atoms with Gasteiger partial charge in [0.2, 0.25) is 0 Å². The van der Waals surface area contributed by atoms with Crippen LogP contribution in [-0.2, 0) is 14.4 Å². The van der Waals surface area contributed by atoms with E-state index in [2.05, 4.69) is 21.2 Å². The van der Waals surface area contributed by atoms with Crippen molar-refractivity contribution >= 4 is 35.3 Å². The Labute approximate surface area is 219 Å². The topological polar surface area (TPSA) is 137 Å². The SMILES string of the molecule is CCOc1ccccc1NC(=O)C(=O)N/N=C\c1ccc(OCC(=O)Nc2ccc(OC)cc2)c(OC)c1. The van der Waals surface area contributed by atoms with Gasteiger partial charge in [-0.3, -0.25) is 14.4 Å². The molecule has 0 aliphatic rings. The highest BCUT2D eigenvalue weighted by molar-refractivity contribution is 6.39. The molecule has 0 spiro atoms. The van der Waals surface area contributed by atoms with Crippen LogP contribution in [0, 0.1) is 0 Å². The number of para-hydroxylation sites is 2.